The number of hydrogen-bond acceptors (Lipinski definition) is 2. The van der Waals surface area contributed by atoms with Crippen LogP contribution >= 0.6 is 15.9 Å². The second-order valence-corrected chi connectivity index (χ2v) is 13.9. The van der Waals surface area contributed by atoms with Crippen molar-refractivity contribution in [3.63, 3.8) is 0 Å². The third-order valence-electron chi connectivity index (χ3n) is 5.24. The van der Waals surface area contributed by atoms with E-state index in [1.165, 1.54) is 0 Å². The van der Waals surface area contributed by atoms with Crippen LogP contribution in [0, 0.1) is 0 Å². The number of pyridine rings is 1. The van der Waals surface area contributed by atoms with Crippen LogP contribution in [0.25, 0.3) is 11.3 Å². The maximum atomic E-state index is 5.28. The molecular formula is C19H29BrN2OSi. The van der Waals surface area contributed by atoms with Crippen LogP contribution in [0.5, 0.6) is 5.75 Å². The lowest BCUT2D eigenvalue weighted by molar-refractivity contribution is 0.410. The predicted molar refractivity (Wildman–Crippen MR) is 108 cm³/mol. The molecule has 3 nitrogen and oxygen atoms in total. The Morgan fingerprint density at radius 2 is 1.58 bits per heavy atom. The van der Waals surface area contributed by atoms with Gasteiger partial charge in [0.15, 0.2) is 14.0 Å². The second kappa shape index (κ2) is 7.44. The van der Waals surface area contributed by atoms with Crippen LogP contribution in [0.1, 0.15) is 41.5 Å². The van der Waals surface area contributed by atoms with Crippen LogP contribution in [0.4, 0.5) is 0 Å². The number of ether oxygens (including phenoxy) is 1. The second-order valence-electron chi connectivity index (χ2n) is 7.35. The van der Waals surface area contributed by atoms with Gasteiger partial charge in [-0.3, -0.25) is 0 Å². The number of hydrogen-bond donors (Lipinski definition) is 0. The Morgan fingerprint density at radius 3 is 2.04 bits per heavy atom. The maximum Gasteiger partial charge on any atom is 0.168 e. The van der Waals surface area contributed by atoms with E-state index in [2.05, 4.69) is 85.1 Å². The predicted octanol–water partition coefficient (Wildman–Crippen LogP) is 6.34. The molecule has 0 aliphatic carbocycles. The fourth-order valence-corrected chi connectivity index (χ4v) is 11.4. The summed E-state index contributed by atoms with van der Waals surface area (Å²) in [6.07, 6.45) is 4.56. The lowest BCUT2D eigenvalue weighted by Gasteiger charge is -2.44. The lowest BCUT2D eigenvalue weighted by Crippen LogP contribution is -2.51. The molecule has 24 heavy (non-hydrogen) atoms. The van der Waals surface area contributed by atoms with Crippen LogP contribution in [0.3, 0.4) is 0 Å². The van der Waals surface area contributed by atoms with Gasteiger partial charge in [0.1, 0.15) is 4.60 Å². The van der Waals surface area contributed by atoms with Crippen molar-refractivity contribution in [2.24, 2.45) is 0 Å². The van der Waals surface area contributed by atoms with Gasteiger partial charge in [-0.1, -0.05) is 41.5 Å². The zero-order valence-electron chi connectivity index (χ0n) is 15.8. The molecule has 2 aromatic heterocycles. The molecule has 2 heterocycles. The third-order valence-corrected chi connectivity index (χ3v) is 12.5. The molecule has 0 saturated carbocycles. The Hall–Kier alpha value is -1.07. The Balaban J connectivity index is 2.50. The third kappa shape index (κ3) is 3.20. The van der Waals surface area contributed by atoms with Gasteiger partial charge in [-0.2, -0.15) is 0 Å². The van der Waals surface area contributed by atoms with E-state index in [0.29, 0.717) is 16.6 Å². The van der Waals surface area contributed by atoms with Gasteiger partial charge in [0.2, 0.25) is 0 Å². The molecular weight excluding hydrogens is 380 g/mol. The van der Waals surface area contributed by atoms with Gasteiger partial charge in [-0.05, 0) is 56.9 Å². The molecule has 0 aliphatic rings. The summed E-state index contributed by atoms with van der Waals surface area (Å²) < 4.78 is 8.57. The Morgan fingerprint density at radius 1 is 1.00 bits per heavy atom. The van der Waals surface area contributed by atoms with E-state index in [0.717, 1.165) is 21.6 Å². The van der Waals surface area contributed by atoms with Crippen LogP contribution in [0.2, 0.25) is 16.6 Å². The highest BCUT2D eigenvalue weighted by Crippen LogP contribution is 2.43. The molecule has 0 spiro atoms. The number of nitrogens with zero attached hydrogens (tertiary/aromatic N) is 2. The fourth-order valence-electron chi connectivity index (χ4n) is 4.42. The van der Waals surface area contributed by atoms with Gasteiger partial charge in [0.05, 0.1) is 12.8 Å². The molecule has 0 unspecified atom stereocenters. The summed E-state index contributed by atoms with van der Waals surface area (Å²) in [5.74, 6) is 0.758. The minimum absolute atomic E-state index is 0.674. The first-order valence-corrected chi connectivity index (χ1v) is 11.6. The highest BCUT2D eigenvalue weighted by molar-refractivity contribution is 9.10. The smallest absolute Gasteiger partial charge is 0.168 e. The Kier molecular flexibility index (Phi) is 5.97. The monoisotopic (exact) mass is 408 g/mol. The first-order chi connectivity index (χ1) is 11.2. The van der Waals surface area contributed by atoms with Crippen LogP contribution in [-0.4, -0.2) is 24.6 Å². The highest BCUT2D eigenvalue weighted by atomic mass is 79.9. The first kappa shape index (κ1) is 19.3. The van der Waals surface area contributed by atoms with Crippen molar-refractivity contribution in [2.45, 2.75) is 58.2 Å². The van der Waals surface area contributed by atoms with Crippen molar-refractivity contribution in [3.8, 4) is 17.0 Å². The lowest BCUT2D eigenvalue weighted by atomic mass is 10.2. The maximum absolute atomic E-state index is 5.28. The summed E-state index contributed by atoms with van der Waals surface area (Å²) in [7, 11) is -0.0361. The van der Waals surface area contributed by atoms with E-state index in [9.17, 15) is 0 Å². The molecule has 0 bridgehead atoms. The van der Waals surface area contributed by atoms with E-state index in [1.807, 2.05) is 12.1 Å². The van der Waals surface area contributed by atoms with E-state index in [4.69, 9.17) is 4.74 Å². The van der Waals surface area contributed by atoms with Gasteiger partial charge in [-0.15, -0.1) is 0 Å². The summed E-state index contributed by atoms with van der Waals surface area (Å²) in [5.41, 5.74) is 4.16. The van der Waals surface area contributed by atoms with Crippen LogP contribution < -0.4 is 4.74 Å². The summed E-state index contributed by atoms with van der Waals surface area (Å²) in [6.45, 7) is 14.3. The molecule has 0 radical (unpaired) electrons. The molecule has 0 amide bonds. The quantitative estimate of drug-likeness (QED) is 0.411. The molecule has 2 aromatic rings. The zero-order valence-corrected chi connectivity index (χ0v) is 18.4. The molecule has 0 aromatic carbocycles. The molecule has 0 aliphatic heterocycles. The van der Waals surface area contributed by atoms with E-state index < -0.39 is 8.24 Å². The molecule has 5 heteroatoms. The largest absolute Gasteiger partial charge is 0.494 e. The van der Waals surface area contributed by atoms with Crippen molar-refractivity contribution >= 4 is 24.2 Å². The van der Waals surface area contributed by atoms with Gasteiger partial charge in [-0.25, -0.2) is 4.98 Å². The van der Waals surface area contributed by atoms with E-state index in [-0.39, 0.29) is 0 Å². The topological polar surface area (TPSA) is 27.1 Å². The average molecular weight is 409 g/mol. The van der Waals surface area contributed by atoms with Crippen LogP contribution in [-0.2, 0) is 0 Å². The molecule has 132 valence electrons. The average Bonchev–Trinajstić information content (AvgIpc) is 2.96. The van der Waals surface area contributed by atoms with Gasteiger partial charge in [0, 0.05) is 11.8 Å². The fraction of sp³-hybridized carbons (Fsp3) is 0.526. The van der Waals surface area contributed by atoms with Crippen molar-refractivity contribution in [3.05, 3.63) is 35.2 Å². The van der Waals surface area contributed by atoms with Crippen molar-refractivity contribution in [1.82, 2.24) is 9.22 Å². The standard InChI is InChI=1S/C19H29BrN2OSi/c1-13(2)24(14(3)4,15(5)6)22-11-10-16(12-22)17-8-9-18(23-7)19(20)21-17/h8-15H,1-7H3. The Bertz CT molecular complexity index is 673. The first-order valence-electron chi connectivity index (χ1n) is 8.64. The summed E-state index contributed by atoms with van der Waals surface area (Å²) in [6, 6.07) is 6.17. The normalized spacial score (nSPS) is 12.5. The number of halogens is 1. The van der Waals surface area contributed by atoms with Crippen molar-refractivity contribution in [1.29, 1.82) is 0 Å². The molecule has 0 saturated heterocycles. The van der Waals surface area contributed by atoms with E-state index in [1.54, 1.807) is 7.11 Å². The minimum atomic E-state index is -1.69. The molecule has 0 N–H and O–H groups in total. The summed E-state index contributed by atoms with van der Waals surface area (Å²) >= 11 is 3.49. The van der Waals surface area contributed by atoms with Crippen molar-refractivity contribution < 1.29 is 4.74 Å². The molecule has 2 rings (SSSR count). The highest BCUT2D eigenvalue weighted by Gasteiger charge is 2.44. The zero-order chi connectivity index (χ0) is 18.1. The summed E-state index contributed by atoms with van der Waals surface area (Å²) in [5, 5.41) is 0. The molecule has 0 fully saturated rings. The van der Waals surface area contributed by atoms with E-state index >= 15 is 0 Å². The SMILES string of the molecule is COc1ccc(-c2ccn([Si](C(C)C)(C(C)C)C(C)C)c2)nc1Br. The Labute approximate surface area is 155 Å². The van der Waals surface area contributed by atoms with Crippen LogP contribution in [0.15, 0.2) is 35.2 Å². The van der Waals surface area contributed by atoms with Crippen molar-refractivity contribution in [2.75, 3.05) is 7.11 Å². The number of rotatable bonds is 6. The minimum Gasteiger partial charge on any atom is -0.494 e. The van der Waals surface area contributed by atoms with Gasteiger partial charge >= 0.3 is 0 Å². The number of methoxy groups -OCH3 is 1. The number of aromatic nitrogens is 2. The van der Waals surface area contributed by atoms with Gasteiger partial charge < -0.3 is 8.97 Å². The summed E-state index contributed by atoms with van der Waals surface area (Å²) in [4.78, 5) is 4.64. The molecule has 0 atom stereocenters. The van der Waals surface area contributed by atoms with Gasteiger partial charge in [0.25, 0.3) is 0 Å².